The van der Waals surface area contributed by atoms with Crippen LogP contribution in [0.15, 0.2) is 42.7 Å². The molecule has 0 saturated carbocycles. The Hall–Kier alpha value is -1.87. The minimum Gasteiger partial charge on any atom is -0.455 e. The molecule has 2 rings (SSSR count). The first-order valence-electron chi connectivity index (χ1n) is 5.74. The van der Waals surface area contributed by atoms with Gasteiger partial charge in [0, 0.05) is 18.3 Å². The monoisotopic (exact) mass is 228 g/mol. The summed E-state index contributed by atoms with van der Waals surface area (Å²) in [6.45, 7) is 2.56. The van der Waals surface area contributed by atoms with Crippen LogP contribution in [0.25, 0.3) is 0 Å². The number of pyridine rings is 1. The van der Waals surface area contributed by atoms with Gasteiger partial charge in [-0.05, 0) is 24.1 Å². The normalized spacial score (nSPS) is 10.2. The third kappa shape index (κ3) is 2.63. The van der Waals surface area contributed by atoms with Crippen LogP contribution in [0.5, 0.6) is 11.5 Å². The number of nitrogens with two attached hydrogens (primary N) is 1. The molecular formula is C14H16N2O. The van der Waals surface area contributed by atoms with Crippen molar-refractivity contribution in [3.8, 4) is 11.5 Å². The number of para-hydroxylation sites is 1. The van der Waals surface area contributed by atoms with E-state index in [-0.39, 0.29) is 0 Å². The second-order valence-corrected chi connectivity index (χ2v) is 3.75. The predicted octanol–water partition coefficient (Wildman–Crippen LogP) is 2.89. The summed E-state index contributed by atoms with van der Waals surface area (Å²) in [6, 6.07) is 9.88. The number of aryl methyl sites for hydroxylation is 1. The van der Waals surface area contributed by atoms with Gasteiger partial charge in [-0.3, -0.25) is 4.98 Å². The first-order chi connectivity index (χ1) is 8.35. The Labute approximate surface area is 101 Å². The van der Waals surface area contributed by atoms with Gasteiger partial charge in [0.2, 0.25) is 0 Å². The Balaban J connectivity index is 2.31. The molecule has 0 saturated heterocycles. The van der Waals surface area contributed by atoms with Gasteiger partial charge in [-0.25, -0.2) is 0 Å². The molecule has 0 bridgehead atoms. The van der Waals surface area contributed by atoms with Crippen molar-refractivity contribution in [3.63, 3.8) is 0 Å². The van der Waals surface area contributed by atoms with E-state index in [1.165, 1.54) is 5.56 Å². The molecule has 0 amide bonds. The molecular weight excluding hydrogens is 212 g/mol. The zero-order chi connectivity index (χ0) is 12.1. The molecule has 0 radical (unpaired) electrons. The summed E-state index contributed by atoms with van der Waals surface area (Å²) in [4.78, 5) is 4.06. The number of ether oxygens (including phenoxy) is 1. The molecule has 2 aromatic rings. The van der Waals surface area contributed by atoms with E-state index in [1.807, 2.05) is 24.3 Å². The van der Waals surface area contributed by atoms with Crippen LogP contribution in [-0.4, -0.2) is 4.98 Å². The molecule has 0 spiro atoms. The summed E-state index contributed by atoms with van der Waals surface area (Å²) >= 11 is 0. The molecule has 3 nitrogen and oxygen atoms in total. The second-order valence-electron chi connectivity index (χ2n) is 3.75. The number of nitrogens with zero attached hydrogens (tertiary/aromatic N) is 1. The maximum absolute atomic E-state index is 5.88. The Kier molecular flexibility index (Phi) is 3.73. The molecule has 88 valence electrons. The summed E-state index contributed by atoms with van der Waals surface area (Å²) < 4.78 is 5.88. The summed E-state index contributed by atoms with van der Waals surface area (Å²) in [7, 11) is 0. The van der Waals surface area contributed by atoms with Gasteiger partial charge in [0.05, 0.1) is 6.20 Å². The van der Waals surface area contributed by atoms with E-state index >= 15 is 0 Å². The number of rotatable bonds is 4. The molecule has 17 heavy (non-hydrogen) atoms. The topological polar surface area (TPSA) is 48.1 Å². The molecule has 0 fully saturated rings. The van der Waals surface area contributed by atoms with E-state index in [0.717, 1.165) is 23.5 Å². The van der Waals surface area contributed by atoms with Crippen LogP contribution < -0.4 is 10.5 Å². The SMILES string of the molecule is CCc1ccccc1Oc1cnccc1CN. The predicted molar refractivity (Wildman–Crippen MR) is 68.0 cm³/mol. The highest BCUT2D eigenvalue weighted by atomic mass is 16.5. The van der Waals surface area contributed by atoms with E-state index in [1.54, 1.807) is 12.4 Å². The van der Waals surface area contributed by atoms with Crippen LogP contribution in [0.3, 0.4) is 0 Å². The summed E-state index contributed by atoms with van der Waals surface area (Å²) in [5, 5.41) is 0. The highest BCUT2D eigenvalue weighted by Crippen LogP contribution is 2.27. The zero-order valence-corrected chi connectivity index (χ0v) is 9.89. The lowest BCUT2D eigenvalue weighted by Crippen LogP contribution is -2.00. The minimum atomic E-state index is 0.451. The molecule has 0 aliphatic carbocycles. The third-order valence-electron chi connectivity index (χ3n) is 2.66. The van der Waals surface area contributed by atoms with Crippen LogP contribution >= 0.6 is 0 Å². The van der Waals surface area contributed by atoms with Crippen molar-refractivity contribution in [1.82, 2.24) is 4.98 Å². The van der Waals surface area contributed by atoms with E-state index in [4.69, 9.17) is 10.5 Å². The lowest BCUT2D eigenvalue weighted by Gasteiger charge is -2.12. The van der Waals surface area contributed by atoms with E-state index in [0.29, 0.717) is 6.54 Å². The summed E-state index contributed by atoms with van der Waals surface area (Å²) in [5.41, 5.74) is 7.81. The largest absolute Gasteiger partial charge is 0.455 e. The van der Waals surface area contributed by atoms with Crippen LogP contribution in [-0.2, 0) is 13.0 Å². The van der Waals surface area contributed by atoms with Crippen LogP contribution in [0.4, 0.5) is 0 Å². The Morgan fingerprint density at radius 1 is 1.12 bits per heavy atom. The quantitative estimate of drug-likeness (QED) is 0.875. The van der Waals surface area contributed by atoms with E-state index < -0.39 is 0 Å². The van der Waals surface area contributed by atoms with Gasteiger partial charge in [0.25, 0.3) is 0 Å². The highest BCUT2D eigenvalue weighted by molar-refractivity contribution is 5.39. The zero-order valence-electron chi connectivity index (χ0n) is 9.89. The van der Waals surface area contributed by atoms with Gasteiger partial charge >= 0.3 is 0 Å². The third-order valence-corrected chi connectivity index (χ3v) is 2.66. The van der Waals surface area contributed by atoms with Gasteiger partial charge in [-0.15, -0.1) is 0 Å². The Morgan fingerprint density at radius 3 is 2.71 bits per heavy atom. The van der Waals surface area contributed by atoms with Gasteiger partial charge in [-0.2, -0.15) is 0 Å². The van der Waals surface area contributed by atoms with E-state index in [2.05, 4.69) is 18.0 Å². The van der Waals surface area contributed by atoms with Gasteiger partial charge < -0.3 is 10.5 Å². The van der Waals surface area contributed by atoms with Crippen molar-refractivity contribution in [1.29, 1.82) is 0 Å². The van der Waals surface area contributed by atoms with Crippen molar-refractivity contribution in [2.24, 2.45) is 5.73 Å². The summed E-state index contributed by atoms with van der Waals surface area (Å²) in [5.74, 6) is 1.61. The molecule has 1 aromatic heterocycles. The van der Waals surface area contributed by atoms with Crippen LogP contribution in [0.1, 0.15) is 18.1 Å². The van der Waals surface area contributed by atoms with Crippen molar-refractivity contribution in [2.75, 3.05) is 0 Å². The molecule has 0 aliphatic rings. The maximum Gasteiger partial charge on any atom is 0.150 e. The minimum absolute atomic E-state index is 0.451. The fraction of sp³-hybridized carbons (Fsp3) is 0.214. The van der Waals surface area contributed by atoms with E-state index in [9.17, 15) is 0 Å². The molecule has 3 heteroatoms. The fourth-order valence-electron chi connectivity index (χ4n) is 1.68. The second kappa shape index (κ2) is 5.46. The first-order valence-corrected chi connectivity index (χ1v) is 5.74. The van der Waals surface area contributed by atoms with Crippen LogP contribution in [0, 0.1) is 0 Å². The molecule has 1 aromatic carbocycles. The number of aromatic nitrogens is 1. The molecule has 1 heterocycles. The summed E-state index contributed by atoms with van der Waals surface area (Å²) in [6.07, 6.45) is 4.36. The van der Waals surface area contributed by atoms with Crippen molar-refractivity contribution in [3.05, 3.63) is 53.9 Å². The first kappa shape index (κ1) is 11.6. The number of benzene rings is 1. The number of hydrogen-bond donors (Lipinski definition) is 1. The highest BCUT2D eigenvalue weighted by Gasteiger charge is 2.06. The molecule has 0 aliphatic heterocycles. The molecule has 2 N–H and O–H groups in total. The maximum atomic E-state index is 5.88. The van der Waals surface area contributed by atoms with Gasteiger partial charge in [0.1, 0.15) is 11.5 Å². The lowest BCUT2D eigenvalue weighted by atomic mass is 10.1. The van der Waals surface area contributed by atoms with Gasteiger partial charge in [0.15, 0.2) is 0 Å². The average Bonchev–Trinajstić information content (AvgIpc) is 2.40. The Morgan fingerprint density at radius 2 is 1.94 bits per heavy atom. The smallest absolute Gasteiger partial charge is 0.150 e. The van der Waals surface area contributed by atoms with Gasteiger partial charge in [-0.1, -0.05) is 25.1 Å². The van der Waals surface area contributed by atoms with Crippen LogP contribution in [0.2, 0.25) is 0 Å². The Bertz CT molecular complexity index is 452. The van der Waals surface area contributed by atoms with Crippen molar-refractivity contribution < 1.29 is 4.74 Å². The molecule has 0 unspecified atom stereocenters. The van der Waals surface area contributed by atoms with Crippen molar-refractivity contribution >= 4 is 0 Å². The molecule has 0 atom stereocenters. The van der Waals surface area contributed by atoms with Crippen molar-refractivity contribution in [2.45, 2.75) is 19.9 Å². The fourth-order valence-corrected chi connectivity index (χ4v) is 1.68. The standard InChI is InChI=1S/C14H16N2O/c1-2-11-5-3-4-6-13(11)17-14-10-16-8-7-12(14)9-15/h3-8,10H,2,9,15H2,1H3. The lowest BCUT2D eigenvalue weighted by molar-refractivity contribution is 0.468. The average molecular weight is 228 g/mol. The number of hydrogen-bond acceptors (Lipinski definition) is 3.